The van der Waals surface area contributed by atoms with Crippen molar-refractivity contribution in [3.05, 3.63) is 61.5 Å². The summed E-state index contributed by atoms with van der Waals surface area (Å²) in [6.45, 7) is 4.80. The first-order chi connectivity index (χ1) is 10.8. The average Bonchev–Trinajstić information content (AvgIpc) is 3.07. The van der Waals surface area contributed by atoms with E-state index in [2.05, 4.69) is 50.3 Å². The molecule has 1 aromatic rings. The first-order valence-electron chi connectivity index (χ1n) is 8.77. The summed E-state index contributed by atoms with van der Waals surface area (Å²) in [6.07, 6.45) is 12.0. The van der Waals surface area contributed by atoms with Gasteiger partial charge in [0.1, 0.15) is 0 Å². The Bertz CT molecular complexity index is 700. The van der Waals surface area contributed by atoms with E-state index in [0.29, 0.717) is 5.92 Å². The quantitative estimate of drug-likeness (QED) is 0.429. The predicted molar refractivity (Wildman–Crippen MR) is 90.5 cm³/mol. The maximum atomic E-state index is 2.60. The van der Waals surface area contributed by atoms with Crippen LogP contribution in [0.3, 0.4) is 0 Å². The third-order valence-electron chi connectivity index (χ3n) is 5.59. The van der Waals surface area contributed by atoms with Crippen LogP contribution < -0.4 is 34.0 Å². The maximum absolute atomic E-state index is 2.60. The van der Waals surface area contributed by atoms with Crippen LogP contribution >= 0.6 is 0 Å². The number of benzene rings is 1. The Hall–Kier alpha value is 0.270. The summed E-state index contributed by atoms with van der Waals surface area (Å²) >= 11 is -0.829. The Labute approximate surface area is 178 Å². The predicted octanol–water partition coefficient (Wildman–Crippen LogP) is 0.244. The summed E-state index contributed by atoms with van der Waals surface area (Å²) in [5, 5.41) is 0. The standard InChI is InChI=1S/C11H15.C10H9.2BrH.Hf/c1-2-9-7-10-5-3-4-6-11(10)8-9;1-8-6-7-9-4-2-3-5-10(8)9;;;/h7-8H,2-6H2,1H3;2-5,7-8H,1H3;2*1H;/q;;;;+2/p-2. The molecule has 3 aliphatic carbocycles. The topological polar surface area (TPSA) is 0 Å². The summed E-state index contributed by atoms with van der Waals surface area (Å²) in [5.74, 6) is 0.686. The van der Waals surface area contributed by atoms with Gasteiger partial charge in [0.15, 0.2) is 0 Å². The molecule has 2 atom stereocenters. The first kappa shape index (κ1) is 20.6. The van der Waals surface area contributed by atoms with Crippen molar-refractivity contribution in [2.75, 3.05) is 0 Å². The minimum atomic E-state index is -0.829. The van der Waals surface area contributed by atoms with Crippen LogP contribution in [-0.2, 0) is 22.9 Å². The summed E-state index contributed by atoms with van der Waals surface area (Å²) in [6, 6.07) is 9.03. The van der Waals surface area contributed by atoms with E-state index in [1.54, 1.807) is 16.7 Å². The second-order valence-electron chi connectivity index (χ2n) is 6.86. The van der Waals surface area contributed by atoms with E-state index in [9.17, 15) is 0 Å². The Morgan fingerprint density at radius 1 is 1.04 bits per heavy atom. The number of rotatable bonds is 3. The molecule has 3 aliphatic rings. The van der Waals surface area contributed by atoms with E-state index >= 15 is 0 Å². The van der Waals surface area contributed by atoms with Crippen LogP contribution in [0.5, 0.6) is 0 Å². The SMILES string of the molecule is CCC1=CC2=C(CCCC2)[CH]1[Hf+2][C]1=Cc2ccccc2C1C.[Br-].[Br-]. The van der Waals surface area contributed by atoms with Crippen molar-refractivity contribution in [3.63, 3.8) is 0 Å². The number of hydrogen-bond acceptors (Lipinski definition) is 0. The summed E-state index contributed by atoms with van der Waals surface area (Å²) in [5.41, 5.74) is 8.46. The maximum Gasteiger partial charge on any atom is -1.00 e. The zero-order valence-electron chi connectivity index (χ0n) is 14.4. The van der Waals surface area contributed by atoms with Crippen molar-refractivity contribution < 1.29 is 56.9 Å². The molecule has 0 aliphatic heterocycles. The second-order valence-corrected chi connectivity index (χ2v) is 12.0. The third-order valence-corrected chi connectivity index (χ3v) is 12.5. The van der Waals surface area contributed by atoms with Crippen LogP contribution in [0.1, 0.15) is 63.0 Å². The van der Waals surface area contributed by atoms with Crippen LogP contribution in [0.2, 0.25) is 3.67 Å². The van der Waals surface area contributed by atoms with Gasteiger partial charge in [-0.3, -0.25) is 0 Å². The van der Waals surface area contributed by atoms with Gasteiger partial charge in [-0.05, 0) is 0 Å². The Kier molecular flexibility index (Phi) is 7.52. The Morgan fingerprint density at radius 2 is 1.79 bits per heavy atom. The van der Waals surface area contributed by atoms with Gasteiger partial charge >= 0.3 is 146 Å². The molecule has 126 valence electrons. The van der Waals surface area contributed by atoms with Gasteiger partial charge in [-0.2, -0.15) is 0 Å². The van der Waals surface area contributed by atoms with Crippen molar-refractivity contribution in [1.29, 1.82) is 0 Å². The molecule has 0 bridgehead atoms. The summed E-state index contributed by atoms with van der Waals surface area (Å²) in [4.78, 5) is 0. The Morgan fingerprint density at radius 3 is 2.54 bits per heavy atom. The number of halogens is 2. The van der Waals surface area contributed by atoms with Gasteiger partial charge in [0.25, 0.3) is 0 Å². The Balaban J connectivity index is 0.00000104. The molecule has 0 spiro atoms. The smallest absolute Gasteiger partial charge is 1.00 e. The van der Waals surface area contributed by atoms with Gasteiger partial charge in [-0.15, -0.1) is 0 Å². The van der Waals surface area contributed by atoms with Gasteiger partial charge in [-0.1, -0.05) is 0 Å². The first-order valence-corrected chi connectivity index (χ1v) is 12.6. The molecule has 0 saturated heterocycles. The fourth-order valence-electron chi connectivity index (χ4n) is 4.29. The van der Waals surface area contributed by atoms with Crippen molar-refractivity contribution in [2.45, 2.75) is 55.5 Å². The van der Waals surface area contributed by atoms with Gasteiger partial charge in [0.2, 0.25) is 0 Å². The van der Waals surface area contributed by atoms with Gasteiger partial charge in [0, 0.05) is 0 Å². The van der Waals surface area contributed by atoms with Crippen molar-refractivity contribution in [3.8, 4) is 0 Å². The molecule has 0 N–H and O–H groups in total. The molecular formula is C21H24Br2Hf. The van der Waals surface area contributed by atoms with Crippen molar-refractivity contribution in [2.24, 2.45) is 0 Å². The minimum Gasteiger partial charge on any atom is -1.00 e. The third kappa shape index (κ3) is 3.69. The molecule has 1 aromatic carbocycles. The molecule has 24 heavy (non-hydrogen) atoms. The molecule has 0 radical (unpaired) electrons. The van der Waals surface area contributed by atoms with Crippen LogP contribution in [-0.4, -0.2) is 0 Å². The molecule has 3 heteroatoms. The van der Waals surface area contributed by atoms with E-state index in [1.165, 1.54) is 37.7 Å². The largest absolute Gasteiger partial charge is 1.00 e. The van der Waals surface area contributed by atoms with E-state index in [0.717, 1.165) is 3.67 Å². The molecule has 0 amide bonds. The molecule has 2 unspecified atom stereocenters. The number of allylic oxidation sites excluding steroid dienone is 5. The van der Waals surface area contributed by atoms with E-state index in [1.807, 2.05) is 8.90 Å². The van der Waals surface area contributed by atoms with Crippen molar-refractivity contribution in [1.82, 2.24) is 0 Å². The van der Waals surface area contributed by atoms with Crippen molar-refractivity contribution >= 4 is 6.08 Å². The molecule has 4 rings (SSSR count). The monoisotopic (exact) mass is 614 g/mol. The van der Waals surface area contributed by atoms with E-state index in [4.69, 9.17) is 0 Å². The van der Waals surface area contributed by atoms with Gasteiger partial charge < -0.3 is 34.0 Å². The number of fused-ring (bicyclic) bond motifs is 1. The minimum absolute atomic E-state index is 0. The fraction of sp³-hybridized carbons (Fsp3) is 0.429. The average molecular weight is 615 g/mol. The summed E-state index contributed by atoms with van der Waals surface area (Å²) < 4.78 is 2.74. The fourth-order valence-corrected chi connectivity index (χ4v) is 11.3. The normalized spacial score (nSPS) is 24.1. The zero-order valence-corrected chi connectivity index (χ0v) is 21.2. The molecule has 0 saturated carbocycles. The molecule has 0 aromatic heterocycles. The molecule has 0 nitrogen and oxygen atoms in total. The molecule has 0 heterocycles. The van der Waals surface area contributed by atoms with Crippen LogP contribution in [0.25, 0.3) is 6.08 Å². The van der Waals surface area contributed by atoms with Crippen LogP contribution in [0.4, 0.5) is 0 Å². The summed E-state index contributed by atoms with van der Waals surface area (Å²) in [7, 11) is 0. The number of hydrogen-bond donors (Lipinski definition) is 0. The second kappa shape index (κ2) is 8.77. The zero-order chi connectivity index (χ0) is 15.1. The van der Waals surface area contributed by atoms with E-state index < -0.39 is 22.9 Å². The van der Waals surface area contributed by atoms with Crippen LogP contribution in [0.15, 0.2) is 50.4 Å². The van der Waals surface area contributed by atoms with E-state index in [-0.39, 0.29) is 34.0 Å². The van der Waals surface area contributed by atoms with Crippen LogP contribution in [0, 0.1) is 0 Å². The van der Waals surface area contributed by atoms with Gasteiger partial charge in [-0.25, -0.2) is 0 Å². The van der Waals surface area contributed by atoms with Gasteiger partial charge in [0.05, 0.1) is 0 Å². The molecule has 0 fully saturated rings. The molecular weight excluding hydrogens is 591 g/mol.